The molecule has 0 spiro atoms. The minimum absolute atomic E-state index is 0.341. The Hall–Kier alpha value is -2.09. The zero-order valence-corrected chi connectivity index (χ0v) is 9.35. The Balaban J connectivity index is 2.11. The lowest BCUT2D eigenvalue weighted by Gasteiger charge is -2.15. The molecule has 0 saturated carbocycles. The van der Waals surface area contributed by atoms with Gasteiger partial charge in [0.1, 0.15) is 0 Å². The number of hydrogen-bond donors (Lipinski definition) is 1. The van der Waals surface area contributed by atoms with E-state index in [2.05, 4.69) is 58.8 Å². The van der Waals surface area contributed by atoms with Gasteiger partial charge in [0.05, 0.1) is 11.2 Å². The van der Waals surface area contributed by atoms with Crippen molar-refractivity contribution in [1.29, 1.82) is 0 Å². The summed E-state index contributed by atoms with van der Waals surface area (Å²) >= 11 is 0. The van der Waals surface area contributed by atoms with Crippen molar-refractivity contribution in [2.45, 2.75) is 12.3 Å². The topological polar surface area (TPSA) is 28.7 Å². The summed E-state index contributed by atoms with van der Waals surface area (Å²) in [5.74, 6) is 0.341. The second-order valence-electron chi connectivity index (χ2n) is 4.56. The molecule has 0 saturated heterocycles. The molecule has 4 rings (SSSR count). The number of nitrogens with zero attached hydrogens (tertiary/aromatic N) is 1. The average molecular weight is 220 g/mol. The van der Waals surface area contributed by atoms with Crippen molar-refractivity contribution in [2.24, 2.45) is 0 Å². The molecule has 0 radical (unpaired) electrons. The number of rotatable bonds is 0. The summed E-state index contributed by atoms with van der Waals surface area (Å²) < 4.78 is 0. The van der Waals surface area contributed by atoms with Gasteiger partial charge in [0, 0.05) is 11.3 Å². The van der Waals surface area contributed by atoms with Crippen LogP contribution in [0.25, 0.3) is 17.0 Å². The summed E-state index contributed by atoms with van der Waals surface area (Å²) in [4.78, 5) is 0. The molecule has 0 bridgehead atoms. The van der Waals surface area contributed by atoms with Gasteiger partial charge in [-0.05, 0) is 23.6 Å². The minimum Gasteiger partial charge on any atom is -0.280 e. The highest BCUT2D eigenvalue weighted by Gasteiger charge is 2.22. The normalized spacial score (nSPS) is 21.2. The molecule has 2 aliphatic rings. The zero-order chi connectivity index (χ0) is 11.2. The van der Waals surface area contributed by atoms with Crippen LogP contribution in [0, 0.1) is 0 Å². The van der Waals surface area contributed by atoms with Gasteiger partial charge in [-0.3, -0.25) is 5.10 Å². The summed E-state index contributed by atoms with van der Waals surface area (Å²) in [6, 6.07) is 6.28. The zero-order valence-electron chi connectivity index (χ0n) is 9.35. The van der Waals surface area contributed by atoms with Gasteiger partial charge in [-0.15, -0.1) is 0 Å². The Labute approximate surface area is 99.3 Å². The molecule has 1 atom stereocenters. The van der Waals surface area contributed by atoms with Crippen molar-refractivity contribution in [1.82, 2.24) is 10.2 Å². The predicted octanol–water partition coefficient (Wildman–Crippen LogP) is 3.56. The molecular formula is C15H12N2. The van der Waals surface area contributed by atoms with Crippen LogP contribution in [-0.4, -0.2) is 10.2 Å². The first kappa shape index (κ1) is 8.99. The lowest BCUT2D eigenvalue weighted by Crippen LogP contribution is -2.01. The van der Waals surface area contributed by atoms with Crippen molar-refractivity contribution in [3.8, 4) is 0 Å². The molecule has 1 aromatic heterocycles. The lowest BCUT2D eigenvalue weighted by atomic mass is 9.90. The minimum atomic E-state index is 0.341. The molecule has 82 valence electrons. The number of hydrogen-bond acceptors (Lipinski definition) is 1. The number of benzene rings is 1. The number of H-pyrrole nitrogens is 1. The highest BCUT2D eigenvalue weighted by molar-refractivity contribution is 5.92. The predicted molar refractivity (Wildman–Crippen MR) is 69.7 cm³/mol. The van der Waals surface area contributed by atoms with Gasteiger partial charge in [-0.1, -0.05) is 42.5 Å². The molecule has 1 N–H and O–H groups in total. The van der Waals surface area contributed by atoms with E-state index in [1.807, 2.05) is 0 Å². The Morgan fingerprint density at radius 3 is 3.24 bits per heavy atom. The molecule has 0 aliphatic heterocycles. The van der Waals surface area contributed by atoms with Gasteiger partial charge in [0.2, 0.25) is 0 Å². The van der Waals surface area contributed by atoms with Crippen LogP contribution in [0.15, 0.2) is 48.1 Å². The van der Waals surface area contributed by atoms with Crippen molar-refractivity contribution in [2.75, 3.05) is 0 Å². The maximum absolute atomic E-state index is 4.40. The van der Waals surface area contributed by atoms with Crippen LogP contribution in [0.2, 0.25) is 0 Å². The Morgan fingerprint density at radius 2 is 2.24 bits per heavy atom. The van der Waals surface area contributed by atoms with Gasteiger partial charge in [0.15, 0.2) is 0 Å². The van der Waals surface area contributed by atoms with Crippen molar-refractivity contribution in [3.05, 3.63) is 59.3 Å². The molecule has 2 aromatic rings. The average Bonchev–Trinajstić information content (AvgIpc) is 2.73. The van der Waals surface area contributed by atoms with Crippen molar-refractivity contribution in [3.63, 3.8) is 0 Å². The molecule has 2 aliphatic carbocycles. The lowest BCUT2D eigenvalue weighted by molar-refractivity contribution is 0.912. The SMILES string of the molecule is C1=CC2C(=CC1)C=Cc1cccc3n[nH]c2c13. The fraction of sp³-hybridized carbons (Fsp3) is 0.133. The highest BCUT2D eigenvalue weighted by atomic mass is 15.1. The summed E-state index contributed by atoms with van der Waals surface area (Å²) in [6.07, 6.45) is 12.3. The third kappa shape index (κ3) is 1.18. The third-order valence-corrected chi connectivity index (χ3v) is 3.58. The first-order valence-electron chi connectivity index (χ1n) is 5.95. The maximum Gasteiger partial charge on any atom is 0.0930 e. The van der Waals surface area contributed by atoms with Crippen LogP contribution < -0.4 is 0 Å². The second-order valence-corrected chi connectivity index (χ2v) is 4.56. The van der Waals surface area contributed by atoms with E-state index in [-0.39, 0.29) is 0 Å². The van der Waals surface area contributed by atoms with Crippen LogP contribution in [0.1, 0.15) is 23.6 Å². The molecule has 17 heavy (non-hydrogen) atoms. The van der Waals surface area contributed by atoms with Crippen LogP contribution in [0.5, 0.6) is 0 Å². The van der Waals surface area contributed by atoms with E-state index in [1.54, 1.807) is 0 Å². The van der Waals surface area contributed by atoms with Gasteiger partial charge in [-0.25, -0.2) is 0 Å². The fourth-order valence-corrected chi connectivity index (χ4v) is 2.76. The van der Waals surface area contributed by atoms with Crippen LogP contribution in [-0.2, 0) is 0 Å². The largest absolute Gasteiger partial charge is 0.280 e. The molecule has 2 nitrogen and oxygen atoms in total. The number of nitrogens with one attached hydrogen (secondary N) is 1. The van der Waals surface area contributed by atoms with E-state index in [0.717, 1.165) is 11.9 Å². The molecular weight excluding hydrogens is 208 g/mol. The number of fused-ring (bicyclic) bond motifs is 2. The maximum atomic E-state index is 4.40. The summed E-state index contributed by atoms with van der Waals surface area (Å²) in [5.41, 5.74) is 4.91. The quantitative estimate of drug-likeness (QED) is 0.676. The Kier molecular flexibility index (Phi) is 1.69. The molecule has 2 heteroatoms. The van der Waals surface area contributed by atoms with Gasteiger partial charge < -0.3 is 0 Å². The van der Waals surface area contributed by atoms with E-state index >= 15 is 0 Å². The van der Waals surface area contributed by atoms with Gasteiger partial charge >= 0.3 is 0 Å². The molecule has 0 amide bonds. The van der Waals surface area contributed by atoms with E-state index in [9.17, 15) is 0 Å². The Morgan fingerprint density at radius 1 is 1.24 bits per heavy atom. The standard InChI is InChI=1S/C15H12N2/c1-2-6-12-10(4-1)8-9-11-5-3-7-13-14(11)15(12)17-16-13/h2-9,12H,1H2,(H,16,17). The summed E-state index contributed by atoms with van der Waals surface area (Å²) in [7, 11) is 0. The summed E-state index contributed by atoms with van der Waals surface area (Å²) in [5, 5.41) is 8.88. The number of allylic oxidation sites excluding steroid dienone is 5. The van der Waals surface area contributed by atoms with Crippen LogP contribution in [0.3, 0.4) is 0 Å². The van der Waals surface area contributed by atoms with Gasteiger partial charge in [-0.2, -0.15) is 5.10 Å². The van der Waals surface area contributed by atoms with Crippen molar-refractivity contribution < 1.29 is 0 Å². The number of aromatic amines is 1. The van der Waals surface area contributed by atoms with E-state index in [0.29, 0.717) is 5.92 Å². The van der Waals surface area contributed by atoms with Crippen LogP contribution in [0.4, 0.5) is 0 Å². The third-order valence-electron chi connectivity index (χ3n) is 3.58. The molecule has 1 unspecified atom stereocenters. The van der Waals surface area contributed by atoms with Gasteiger partial charge in [0.25, 0.3) is 0 Å². The van der Waals surface area contributed by atoms with Crippen LogP contribution >= 0.6 is 0 Å². The monoisotopic (exact) mass is 220 g/mol. The summed E-state index contributed by atoms with van der Waals surface area (Å²) in [6.45, 7) is 0. The molecule has 0 fully saturated rings. The van der Waals surface area contributed by atoms with E-state index in [1.165, 1.54) is 22.2 Å². The second kappa shape index (κ2) is 3.20. The number of aromatic nitrogens is 2. The smallest absolute Gasteiger partial charge is 0.0930 e. The van der Waals surface area contributed by atoms with E-state index in [4.69, 9.17) is 0 Å². The Bertz CT molecular complexity index is 686. The molecule has 1 heterocycles. The fourth-order valence-electron chi connectivity index (χ4n) is 2.76. The van der Waals surface area contributed by atoms with Crippen molar-refractivity contribution >= 4 is 17.0 Å². The first-order valence-corrected chi connectivity index (χ1v) is 5.95. The first-order chi connectivity index (χ1) is 8.43. The highest BCUT2D eigenvalue weighted by Crippen LogP contribution is 2.37. The van der Waals surface area contributed by atoms with E-state index < -0.39 is 0 Å². The molecule has 1 aromatic carbocycles.